The van der Waals surface area contributed by atoms with E-state index in [1.807, 2.05) is 31.3 Å². The average Bonchev–Trinajstić information content (AvgIpc) is 2.82. The summed E-state index contributed by atoms with van der Waals surface area (Å²) in [6.07, 6.45) is -0.266. The number of pyridine rings is 1. The third-order valence-corrected chi connectivity index (χ3v) is 5.76. The minimum absolute atomic E-state index is 0.443. The Bertz CT molecular complexity index is 1210. The van der Waals surface area contributed by atoms with Gasteiger partial charge in [0.05, 0.1) is 31.0 Å². The van der Waals surface area contributed by atoms with E-state index in [4.69, 9.17) is 19.2 Å². The SMILES string of the molecule is COc1ccc(NC(=O)C(C)OC(=O)c2c3c(nc4ccccc24)CCN(C)C3)c(OC)c1. The van der Waals surface area contributed by atoms with Gasteiger partial charge < -0.3 is 24.4 Å². The zero-order chi connectivity index (χ0) is 23.5. The minimum atomic E-state index is -1.02. The van der Waals surface area contributed by atoms with Crippen molar-refractivity contribution in [1.82, 2.24) is 9.88 Å². The lowest BCUT2D eigenvalue weighted by Crippen LogP contribution is -2.32. The predicted molar refractivity (Wildman–Crippen MR) is 125 cm³/mol. The maximum atomic E-state index is 13.3. The molecule has 1 aliphatic rings. The number of hydrogen-bond donors (Lipinski definition) is 1. The molecular weight excluding hydrogens is 422 g/mol. The number of carbonyl (C=O) groups excluding carboxylic acids is 2. The Morgan fingerprint density at radius 3 is 2.67 bits per heavy atom. The average molecular weight is 450 g/mol. The first-order chi connectivity index (χ1) is 15.9. The lowest BCUT2D eigenvalue weighted by molar-refractivity contribution is -0.123. The second-order valence-corrected chi connectivity index (χ2v) is 8.02. The number of rotatable bonds is 6. The van der Waals surface area contributed by atoms with Crippen molar-refractivity contribution >= 4 is 28.5 Å². The number of nitrogens with zero attached hydrogens (tertiary/aromatic N) is 2. The molecule has 8 heteroatoms. The van der Waals surface area contributed by atoms with Gasteiger partial charge in [0.2, 0.25) is 0 Å². The van der Waals surface area contributed by atoms with E-state index in [0.717, 1.165) is 35.1 Å². The highest BCUT2D eigenvalue weighted by Gasteiger charge is 2.28. The van der Waals surface area contributed by atoms with Gasteiger partial charge in [-0.1, -0.05) is 18.2 Å². The van der Waals surface area contributed by atoms with Gasteiger partial charge in [-0.3, -0.25) is 9.78 Å². The first-order valence-electron chi connectivity index (χ1n) is 10.7. The van der Waals surface area contributed by atoms with E-state index in [9.17, 15) is 9.59 Å². The molecule has 1 unspecified atom stereocenters. The molecule has 0 saturated heterocycles. The van der Waals surface area contributed by atoms with Crippen molar-refractivity contribution in [2.24, 2.45) is 0 Å². The van der Waals surface area contributed by atoms with Crippen molar-refractivity contribution in [3.8, 4) is 11.5 Å². The summed E-state index contributed by atoms with van der Waals surface area (Å²) in [7, 11) is 5.06. The van der Waals surface area contributed by atoms with Crippen LogP contribution in [0.1, 0.15) is 28.5 Å². The fourth-order valence-corrected chi connectivity index (χ4v) is 3.97. The first kappa shape index (κ1) is 22.5. The van der Waals surface area contributed by atoms with Crippen LogP contribution in [0.2, 0.25) is 0 Å². The Kier molecular flexibility index (Phi) is 6.46. The Morgan fingerprint density at radius 2 is 1.91 bits per heavy atom. The number of methoxy groups -OCH3 is 2. The third-order valence-electron chi connectivity index (χ3n) is 5.76. The molecule has 0 radical (unpaired) electrons. The van der Waals surface area contributed by atoms with Crippen LogP contribution in [0, 0.1) is 0 Å². The molecule has 0 saturated carbocycles. The molecule has 0 bridgehead atoms. The van der Waals surface area contributed by atoms with Gasteiger partial charge >= 0.3 is 5.97 Å². The van der Waals surface area contributed by atoms with E-state index in [1.165, 1.54) is 7.11 Å². The molecule has 2 aromatic carbocycles. The van der Waals surface area contributed by atoms with Crippen LogP contribution in [0.4, 0.5) is 5.69 Å². The number of amides is 1. The zero-order valence-electron chi connectivity index (χ0n) is 19.2. The van der Waals surface area contributed by atoms with Crippen LogP contribution in [0.3, 0.4) is 0 Å². The number of esters is 1. The van der Waals surface area contributed by atoms with E-state index in [1.54, 1.807) is 32.2 Å². The number of benzene rings is 2. The van der Waals surface area contributed by atoms with Crippen molar-refractivity contribution < 1.29 is 23.8 Å². The van der Waals surface area contributed by atoms with E-state index in [2.05, 4.69) is 10.2 Å². The zero-order valence-corrected chi connectivity index (χ0v) is 19.2. The fraction of sp³-hybridized carbons (Fsp3) is 0.320. The van der Waals surface area contributed by atoms with Crippen molar-refractivity contribution in [1.29, 1.82) is 0 Å². The molecule has 1 N–H and O–H groups in total. The third kappa shape index (κ3) is 4.61. The largest absolute Gasteiger partial charge is 0.497 e. The summed E-state index contributed by atoms with van der Waals surface area (Å²) in [5.74, 6) is 0.0442. The molecule has 0 aliphatic carbocycles. The molecule has 1 atom stereocenters. The van der Waals surface area contributed by atoms with Gasteiger partial charge in [0.25, 0.3) is 5.91 Å². The molecule has 8 nitrogen and oxygen atoms in total. The smallest absolute Gasteiger partial charge is 0.339 e. The molecule has 33 heavy (non-hydrogen) atoms. The molecule has 4 rings (SSSR count). The second-order valence-electron chi connectivity index (χ2n) is 8.02. The van der Waals surface area contributed by atoms with Crippen LogP contribution in [-0.2, 0) is 22.5 Å². The molecule has 2 heterocycles. The number of fused-ring (bicyclic) bond motifs is 2. The molecule has 3 aromatic rings. The van der Waals surface area contributed by atoms with Crippen LogP contribution in [-0.4, -0.2) is 55.7 Å². The van der Waals surface area contributed by atoms with Crippen molar-refractivity contribution in [3.63, 3.8) is 0 Å². The molecule has 172 valence electrons. The molecule has 0 spiro atoms. The molecule has 1 amide bonds. The van der Waals surface area contributed by atoms with E-state index >= 15 is 0 Å². The van der Waals surface area contributed by atoms with Crippen LogP contribution < -0.4 is 14.8 Å². The number of carbonyl (C=O) groups is 2. The summed E-state index contributed by atoms with van der Waals surface area (Å²) in [4.78, 5) is 33.0. The summed E-state index contributed by atoms with van der Waals surface area (Å²) in [6, 6.07) is 12.6. The van der Waals surface area contributed by atoms with E-state index in [0.29, 0.717) is 29.3 Å². The van der Waals surface area contributed by atoms with Gasteiger partial charge in [-0.25, -0.2) is 4.79 Å². The number of hydrogen-bond acceptors (Lipinski definition) is 7. The standard InChI is InChI=1S/C25H27N3O5/c1-15(24(29)27-21-10-9-16(31-3)13-22(21)32-4)33-25(30)23-17-7-5-6-8-19(17)26-20-11-12-28(2)14-18(20)23/h5-10,13,15H,11-12,14H2,1-4H3,(H,27,29). The van der Waals surface area contributed by atoms with Crippen LogP contribution in [0.15, 0.2) is 42.5 Å². The lowest BCUT2D eigenvalue weighted by atomic mass is 9.96. The maximum absolute atomic E-state index is 13.3. The van der Waals surface area contributed by atoms with Crippen molar-refractivity contribution in [3.05, 3.63) is 59.3 Å². The number of ether oxygens (including phenoxy) is 3. The Balaban J connectivity index is 1.58. The van der Waals surface area contributed by atoms with Gasteiger partial charge in [-0.15, -0.1) is 0 Å². The van der Waals surface area contributed by atoms with Gasteiger partial charge in [-0.2, -0.15) is 0 Å². The monoisotopic (exact) mass is 449 g/mol. The van der Waals surface area contributed by atoms with Crippen LogP contribution in [0.5, 0.6) is 11.5 Å². The topological polar surface area (TPSA) is 90.0 Å². The Morgan fingerprint density at radius 1 is 1.12 bits per heavy atom. The van der Waals surface area contributed by atoms with Crippen molar-refractivity contribution in [2.75, 3.05) is 33.1 Å². The van der Waals surface area contributed by atoms with E-state index in [-0.39, 0.29) is 0 Å². The summed E-state index contributed by atoms with van der Waals surface area (Å²) in [6.45, 7) is 3.02. The van der Waals surface area contributed by atoms with Crippen LogP contribution in [0.25, 0.3) is 10.9 Å². The van der Waals surface area contributed by atoms with Crippen LogP contribution >= 0.6 is 0 Å². The minimum Gasteiger partial charge on any atom is -0.497 e. The predicted octanol–water partition coefficient (Wildman–Crippen LogP) is 3.42. The Hall–Kier alpha value is -3.65. The normalized spacial score (nSPS) is 14.3. The highest BCUT2D eigenvalue weighted by atomic mass is 16.5. The summed E-state index contributed by atoms with van der Waals surface area (Å²) in [5.41, 5.74) is 3.44. The second kappa shape index (κ2) is 9.46. The number of likely N-dealkylation sites (N-methyl/N-ethyl adjacent to an activating group) is 1. The quantitative estimate of drug-likeness (QED) is 0.577. The summed E-state index contributed by atoms with van der Waals surface area (Å²) < 4.78 is 16.1. The molecular formula is C25H27N3O5. The summed E-state index contributed by atoms with van der Waals surface area (Å²) >= 11 is 0. The van der Waals surface area contributed by atoms with Gasteiger partial charge in [0.1, 0.15) is 11.5 Å². The lowest BCUT2D eigenvalue weighted by Gasteiger charge is -2.27. The molecule has 1 aromatic heterocycles. The maximum Gasteiger partial charge on any atom is 0.339 e. The van der Waals surface area contributed by atoms with Gasteiger partial charge in [-0.05, 0) is 32.2 Å². The highest BCUT2D eigenvalue weighted by molar-refractivity contribution is 6.06. The van der Waals surface area contributed by atoms with Gasteiger partial charge in [0, 0.05) is 42.2 Å². The number of aromatic nitrogens is 1. The molecule has 0 fully saturated rings. The first-order valence-corrected chi connectivity index (χ1v) is 10.7. The number of anilines is 1. The number of nitrogens with one attached hydrogen (secondary N) is 1. The fourth-order valence-electron chi connectivity index (χ4n) is 3.97. The molecule has 1 aliphatic heterocycles. The summed E-state index contributed by atoms with van der Waals surface area (Å²) in [5, 5.41) is 3.48. The highest BCUT2D eigenvalue weighted by Crippen LogP contribution is 2.30. The van der Waals surface area contributed by atoms with Gasteiger partial charge in [0.15, 0.2) is 6.10 Å². The Labute approximate surface area is 192 Å². The number of para-hydroxylation sites is 1. The van der Waals surface area contributed by atoms with Crippen molar-refractivity contribution in [2.45, 2.75) is 26.0 Å². The van der Waals surface area contributed by atoms with E-state index < -0.39 is 18.0 Å².